The Morgan fingerprint density at radius 1 is 1.54 bits per heavy atom. The van der Waals surface area contributed by atoms with Crippen LogP contribution in [0.2, 0.25) is 0 Å². The normalized spacial score (nSPS) is 11.9. The summed E-state index contributed by atoms with van der Waals surface area (Å²) in [7, 11) is -2.98. The van der Waals surface area contributed by atoms with Crippen molar-refractivity contribution in [1.82, 2.24) is 9.55 Å². The first kappa shape index (κ1) is 10.2. The number of hydrogen-bond acceptors (Lipinski definition) is 3. The largest absolute Gasteiger partial charge is 0.332 e. The molecule has 0 fully saturated rings. The Kier molecular flexibility index (Phi) is 2.75. The van der Waals surface area contributed by atoms with E-state index in [1.807, 2.05) is 18.4 Å². The minimum Gasteiger partial charge on any atom is -0.332 e. The SMILES string of the molecule is CCn1c(C)cnc1CS(C)(=O)=O. The number of hydrogen-bond donors (Lipinski definition) is 0. The third kappa shape index (κ3) is 2.55. The predicted molar refractivity (Wildman–Crippen MR) is 51.2 cm³/mol. The van der Waals surface area contributed by atoms with Gasteiger partial charge in [-0.2, -0.15) is 0 Å². The standard InChI is InChI=1S/C8H14N2O2S/c1-4-10-7(2)5-9-8(10)6-13(3,11)12/h5H,4,6H2,1-3H3. The molecule has 0 bridgehead atoms. The monoisotopic (exact) mass is 202 g/mol. The number of aryl methyl sites for hydroxylation is 1. The second-order valence-electron chi connectivity index (χ2n) is 3.13. The van der Waals surface area contributed by atoms with Crippen LogP contribution in [0.3, 0.4) is 0 Å². The van der Waals surface area contributed by atoms with E-state index in [1.165, 1.54) is 6.26 Å². The summed E-state index contributed by atoms with van der Waals surface area (Å²) in [4.78, 5) is 4.06. The molecule has 13 heavy (non-hydrogen) atoms. The van der Waals surface area contributed by atoms with Gasteiger partial charge in [-0.3, -0.25) is 0 Å². The number of imidazole rings is 1. The minimum atomic E-state index is -2.98. The first-order valence-electron chi connectivity index (χ1n) is 4.12. The fourth-order valence-corrected chi connectivity index (χ4v) is 1.99. The lowest BCUT2D eigenvalue weighted by Crippen LogP contribution is -2.09. The van der Waals surface area contributed by atoms with E-state index in [1.54, 1.807) is 6.20 Å². The predicted octanol–water partition coefficient (Wildman–Crippen LogP) is 0.756. The molecule has 0 aromatic carbocycles. The number of nitrogens with zero attached hydrogens (tertiary/aromatic N) is 2. The maximum Gasteiger partial charge on any atom is 0.154 e. The summed E-state index contributed by atoms with van der Waals surface area (Å²) in [6, 6.07) is 0. The third-order valence-corrected chi connectivity index (χ3v) is 2.63. The summed E-state index contributed by atoms with van der Waals surface area (Å²) >= 11 is 0. The van der Waals surface area contributed by atoms with Crippen molar-refractivity contribution in [3.63, 3.8) is 0 Å². The highest BCUT2D eigenvalue weighted by Gasteiger charge is 2.11. The lowest BCUT2D eigenvalue weighted by atomic mass is 10.5. The summed E-state index contributed by atoms with van der Waals surface area (Å²) < 4.78 is 24.0. The Hall–Kier alpha value is -0.840. The van der Waals surface area contributed by atoms with Gasteiger partial charge >= 0.3 is 0 Å². The zero-order valence-electron chi connectivity index (χ0n) is 8.11. The molecule has 0 amide bonds. The third-order valence-electron chi connectivity index (χ3n) is 1.85. The molecule has 1 rings (SSSR count). The van der Waals surface area contributed by atoms with Crippen LogP contribution in [0.4, 0.5) is 0 Å². The fourth-order valence-electron chi connectivity index (χ4n) is 1.29. The van der Waals surface area contributed by atoms with E-state index in [9.17, 15) is 8.42 Å². The molecule has 0 aliphatic heterocycles. The molecule has 0 aliphatic carbocycles. The van der Waals surface area contributed by atoms with Crippen LogP contribution in [-0.2, 0) is 22.1 Å². The van der Waals surface area contributed by atoms with Crippen molar-refractivity contribution in [2.45, 2.75) is 26.1 Å². The maximum atomic E-state index is 11.0. The molecule has 74 valence electrons. The van der Waals surface area contributed by atoms with E-state index in [4.69, 9.17) is 0 Å². The van der Waals surface area contributed by atoms with Crippen LogP contribution < -0.4 is 0 Å². The number of sulfone groups is 1. The zero-order chi connectivity index (χ0) is 10.1. The van der Waals surface area contributed by atoms with Crippen molar-refractivity contribution >= 4 is 9.84 Å². The molecule has 0 radical (unpaired) electrons. The number of rotatable bonds is 3. The van der Waals surface area contributed by atoms with Crippen LogP contribution in [-0.4, -0.2) is 24.2 Å². The summed E-state index contributed by atoms with van der Waals surface area (Å²) in [6.07, 6.45) is 2.92. The van der Waals surface area contributed by atoms with Crippen molar-refractivity contribution < 1.29 is 8.42 Å². The van der Waals surface area contributed by atoms with E-state index < -0.39 is 9.84 Å². The maximum absolute atomic E-state index is 11.0. The van der Waals surface area contributed by atoms with Crippen molar-refractivity contribution in [2.24, 2.45) is 0 Å². The van der Waals surface area contributed by atoms with Crippen LogP contribution in [0.5, 0.6) is 0 Å². The number of aromatic nitrogens is 2. The molecule has 0 N–H and O–H groups in total. The zero-order valence-corrected chi connectivity index (χ0v) is 8.93. The van der Waals surface area contributed by atoms with E-state index in [2.05, 4.69) is 4.98 Å². The highest BCUT2D eigenvalue weighted by molar-refractivity contribution is 7.89. The van der Waals surface area contributed by atoms with Gasteiger partial charge in [0.05, 0.1) is 0 Å². The molecule has 1 heterocycles. The van der Waals surface area contributed by atoms with Gasteiger partial charge in [-0.25, -0.2) is 13.4 Å². The smallest absolute Gasteiger partial charge is 0.154 e. The highest BCUT2D eigenvalue weighted by Crippen LogP contribution is 2.07. The Balaban J connectivity index is 3.02. The minimum absolute atomic E-state index is 0.0225. The van der Waals surface area contributed by atoms with Gasteiger partial charge in [0.15, 0.2) is 9.84 Å². The van der Waals surface area contributed by atoms with Crippen LogP contribution in [0.1, 0.15) is 18.4 Å². The fraction of sp³-hybridized carbons (Fsp3) is 0.625. The topological polar surface area (TPSA) is 52.0 Å². The summed E-state index contributed by atoms with van der Waals surface area (Å²) in [5, 5.41) is 0. The summed E-state index contributed by atoms with van der Waals surface area (Å²) in [5.74, 6) is 0.650. The molecule has 0 spiro atoms. The van der Waals surface area contributed by atoms with Crippen molar-refractivity contribution in [1.29, 1.82) is 0 Å². The molecule has 1 aromatic heterocycles. The van der Waals surface area contributed by atoms with Gasteiger partial charge in [0, 0.05) is 24.7 Å². The van der Waals surface area contributed by atoms with Crippen LogP contribution >= 0.6 is 0 Å². The van der Waals surface area contributed by atoms with Crippen LogP contribution in [0.25, 0.3) is 0 Å². The summed E-state index contributed by atoms with van der Waals surface area (Å²) in [6.45, 7) is 4.65. The lowest BCUT2D eigenvalue weighted by molar-refractivity contribution is 0.596. The van der Waals surface area contributed by atoms with E-state index >= 15 is 0 Å². The van der Waals surface area contributed by atoms with E-state index in [0.29, 0.717) is 5.82 Å². The molecular weight excluding hydrogens is 188 g/mol. The van der Waals surface area contributed by atoms with Gasteiger partial charge < -0.3 is 4.57 Å². The second kappa shape index (κ2) is 3.49. The van der Waals surface area contributed by atoms with Crippen molar-refractivity contribution in [3.05, 3.63) is 17.7 Å². The Labute approximate surface area is 78.5 Å². The molecule has 1 aromatic rings. The quantitative estimate of drug-likeness (QED) is 0.727. The van der Waals surface area contributed by atoms with Gasteiger partial charge in [0.1, 0.15) is 11.6 Å². The van der Waals surface area contributed by atoms with Gasteiger partial charge in [0.2, 0.25) is 0 Å². The average molecular weight is 202 g/mol. The summed E-state index contributed by atoms with van der Waals surface area (Å²) in [5.41, 5.74) is 1.00. The molecule has 0 aliphatic rings. The first-order chi connectivity index (χ1) is 5.94. The highest BCUT2D eigenvalue weighted by atomic mass is 32.2. The average Bonchev–Trinajstić information content (AvgIpc) is 2.28. The Morgan fingerprint density at radius 3 is 2.62 bits per heavy atom. The molecule has 0 atom stereocenters. The van der Waals surface area contributed by atoms with Crippen molar-refractivity contribution in [3.8, 4) is 0 Å². The van der Waals surface area contributed by atoms with Gasteiger partial charge in [0.25, 0.3) is 0 Å². The molecule has 0 unspecified atom stereocenters. The van der Waals surface area contributed by atoms with Gasteiger partial charge in [-0.15, -0.1) is 0 Å². The Morgan fingerprint density at radius 2 is 2.15 bits per heavy atom. The van der Waals surface area contributed by atoms with Gasteiger partial charge in [-0.05, 0) is 13.8 Å². The van der Waals surface area contributed by atoms with Crippen LogP contribution in [0.15, 0.2) is 6.20 Å². The molecule has 5 heteroatoms. The van der Waals surface area contributed by atoms with Crippen molar-refractivity contribution in [2.75, 3.05) is 6.26 Å². The lowest BCUT2D eigenvalue weighted by Gasteiger charge is -2.05. The van der Waals surface area contributed by atoms with E-state index in [-0.39, 0.29) is 5.75 Å². The molecular formula is C8H14N2O2S. The Bertz CT molecular complexity index is 392. The first-order valence-corrected chi connectivity index (χ1v) is 6.19. The molecule has 0 saturated carbocycles. The van der Waals surface area contributed by atoms with E-state index in [0.717, 1.165) is 12.2 Å². The van der Waals surface area contributed by atoms with Crippen LogP contribution in [0, 0.1) is 6.92 Å². The molecule has 4 nitrogen and oxygen atoms in total. The van der Waals surface area contributed by atoms with Gasteiger partial charge in [-0.1, -0.05) is 0 Å². The molecule has 0 saturated heterocycles. The second-order valence-corrected chi connectivity index (χ2v) is 5.27.